The quantitative estimate of drug-likeness (QED) is 0.455. The van der Waals surface area contributed by atoms with Gasteiger partial charge in [0.15, 0.2) is 0 Å². The number of nitrogens with zero attached hydrogens (tertiary/aromatic N) is 3. The van der Waals surface area contributed by atoms with Crippen LogP contribution in [-0.4, -0.2) is 81.0 Å². The molecular formula is C31H41N5O4S. The van der Waals surface area contributed by atoms with Crippen molar-refractivity contribution >= 4 is 27.0 Å². The fourth-order valence-corrected chi connectivity index (χ4v) is 7.56. The highest BCUT2D eigenvalue weighted by molar-refractivity contribution is 7.87. The molecule has 2 aliphatic heterocycles. The van der Waals surface area contributed by atoms with Gasteiger partial charge < -0.3 is 14.6 Å². The molecule has 1 unspecified atom stereocenters. The van der Waals surface area contributed by atoms with Crippen molar-refractivity contribution in [2.75, 3.05) is 46.9 Å². The molecule has 9 nitrogen and oxygen atoms in total. The molecule has 2 N–H and O–H groups in total. The zero-order valence-electron chi connectivity index (χ0n) is 24.3. The molecule has 41 heavy (non-hydrogen) atoms. The predicted octanol–water partition coefficient (Wildman–Crippen LogP) is 3.87. The highest BCUT2D eigenvalue weighted by atomic mass is 32.2. The van der Waals surface area contributed by atoms with Crippen LogP contribution in [0.15, 0.2) is 36.4 Å². The number of aromatic nitrogens is 1. The molecule has 0 saturated heterocycles. The summed E-state index contributed by atoms with van der Waals surface area (Å²) in [7, 11) is -0.358. The van der Waals surface area contributed by atoms with E-state index in [9.17, 15) is 13.2 Å². The van der Waals surface area contributed by atoms with Crippen molar-refractivity contribution in [2.24, 2.45) is 0 Å². The maximum atomic E-state index is 13.3. The first-order valence-electron chi connectivity index (χ1n) is 14.8. The second-order valence-electron chi connectivity index (χ2n) is 11.8. The third-order valence-electron chi connectivity index (χ3n) is 9.16. The summed E-state index contributed by atoms with van der Waals surface area (Å²) >= 11 is 0. The minimum Gasteiger partial charge on any atom is -0.491 e. The van der Waals surface area contributed by atoms with Crippen LogP contribution in [0, 0.1) is 6.92 Å². The van der Waals surface area contributed by atoms with Gasteiger partial charge in [-0.25, -0.2) is 4.72 Å². The van der Waals surface area contributed by atoms with Crippen LogP contribution >= 0.6 is 0 Å². The highest BCUT2D eigenvalue weighted by Gasteiger charge is 2.32. The largest absolute Gasteiger partial charge is 0.491 e. The lowest BCUT2D eigenvalue weighted by atomic mass is 9.81. The van der Waals surface area contributed by atoms with Crippen molar-refractivity contribution < 1.29 is 17.9 Å². The van der Waals surface area contributed by atoms with E-state index in [0.717, 1.165) is 47.2 Å². The Morgan fingerprint density at radius 2 is 1.78 bits per heavy atom. The predicted molar refractivity (Wildman–Crippen MR) is 162 cm³/mol. The van der Waals surface area contributed by atoms with Gasteiger partial charge in [-0.2, -0.15) is 12.7 Å². The average molecular weight is 580 g/mol. The van der Waals surface area contributed by atoms with E-state index in [2.05, 4.69) is 51.7 Å². The van der Waals surface area contributed by atoms with Crippen LogP contribution in [0.1, 0.15) is 59.5 Å². The Labute approximate surface area is 243 Å². The Bertz CT molecular complexity index is 1560. The molecule has 3 aromatic rings. The second-order valence-corrected chi connectivity index (χ2v) is 13.6. The SMILES string of the molecule is Cc1cccc2c1OCC1Cn3c-2c(C2CCCCC2)c2ccc(cc23)C(=O)NS(=O)(=O)N(C)CCNCCN1C. The van der Waals surface area contributed by atoms with Crippen LogP contribution < -0.4 is 14.8 Å². The minimum atomic E-state index is -3.97. The lowest BCUT2D eigenvalue weighted by Gasteiger charge is -2.33. The number of hydrogen-bond acceptors (Lipinski definition) is 6. The summed E-state index contributed by atoms with van der Waals surface area (Å²) in [6.45, 7) is 5.59. The van der Waals surface area contributed by atoms with Gasteiger partial charge in [-0.05, 0) is 62.1 Å². The summed E-state index contributed by atoms with van der Waals surface area (Å²) in [4.78, 5) is 15.7. The summed E-state index contributed by atoms with van der Waals surface area (Å²) in [6, 6.07) is 12.2. The maximum Gasteiger partial charge on any atom is 0.303 e. The monoisotopic (exact) mass is 579 g/mol. The number of hydrogen-bond donors (Lipinski definition) is 2. The van der Waals surface area contributed by atoms with Gasteiger partial charge in [0.05, 0.1) is 11.7 Å². The fourth-order valence-electron chi connectivity index (χ4n) is 6.72. The van der Waals surface area contributed by atoms with Gasteiger partial charge in [0.25, 0.3) is 5.91 Å². The van der Waals surface area contributed by atoms with Gasteiger partial charge in [0, 0.05) is 61.8 Å². The van der Waals surface area contributed by atoms with E-state index in [1.54, 1.807) is 6.07 Å². The van der Waals surface area contributed by atoms with Gasteiger partial charge in [0.2, 0.25) is 0 Å². The third-order valence-corrected chi connectivity index (χ3v) is 10.6. The summed E-state index contributed by atoms with van der Waals surface area (Å²) in [5.41, 5.74) is 6.01. The van der Waals surface area contributed by atoms with E-state index in [4.69, 9.17) is 4.74 Å². The molecule has 10 heteroatoms. The summed E-state index contributed by atoms with van der Waals surface area (Å²) in [5, 5.41) is 4.50. The molecule has 2 aromatic carbocycles. The number of nitrogens with one attached hydrogen (secondary N) is 2. The van der Waals surface area contributed by atoms with Crippen molar-refractivity contribution in [1.29, 1.82) is 0 Å². The number of likely N-dealkylation sites (N-methyl/N-ethyl adjacent to an activating group) is 2. The number of carbonyl (C=O) groups excluding carboxylic acids is 1. The molecule has 1 aliphatic carbocycles. The van der Waals surface area contributed by atoms with E-state index in [1.807, 2.05) is 12.1 Å². The van der Waals surface area contributed by atoms with Crippen molar-refractivity contribution in [3.8, 4) is 17.0 Å². The first kappa shape index (κ1) is 28.2. The Morgan fingerprint density at radius 3 is 2.59 bits per heavy atom. The van der Waals surface area contributed by atoms with Gasteiger partial charge in [-0.1, -0.05) is 37.5 Å². The smallest absolute Gasteiger partial charge is 0.303 e. The molecule has 1 saturated carbocycles. The molecule has 4 bridgehead atoms. The number of rotatable bonds is 1. The summed E-state index contributed by atoms with van der Waals surface area (Å²) < 4.78 is 38.4. The van der Waals surface area contributed by atoms with Gasteiger partial charge >= 0.3 is 10.2 Å². The number of ether oxygens (including phenoxy) is 1. The number of fused-ring (bicyclic) bond motifs is 4. The van der Waals surface area contributed by atoms with Gasteiger partial charge in [-0.15, -0.1) is 0 Å². The summed E-state index contributed by atoms with van der Waals surface area (Å²) in [5.74, 6) is 0.720. The topological polar surface area (TPSA) is 95.9 Å². The molecular weight excluding hydrogens is 538 g/mol. The first-order chi connectivity index (χ1) is 19.7. The van der Waals surface area contributed by atoms with Crippen molar-refractivity contribution in [3.05, 3.63) is 53.1 Å². The van der Waals surface area contributed by atoms with E-state index in [1.165, 1.54) is 41.9 Å². The van der Waals surface area contributed by atoms with Crippen LogP contribution in [0.3, 0.4) is 0 Å². The van der Waals surface area contributed by atoms with E-state index in [-0.39, 0.29) is 12.6 Å². The Balaban J connectivity index is 1.60. The van der Waals surface area contributed by atoms with Crippen LogP contribution in [0.4, 0.5) is 0 Å². The van der Waals surface area contributed by atoms with Crippen LogP contribution in [0.25, 0.3) is 22.2 Å². The molecule has 1 aromatic heterocycles. The molecule has 3 heterocycles. The summed E-state index contributed by atoms with van der Waals surface area (Å²) in [6.07, 6.45) is 5.94. The number of para-hydroxylation sites is 1. The van der Waals surface area contributed by atoms with Crippen LogP contribution in [-0.2, 0) is 16.8 Å². The van der Waals surface area contributed by atoms with E-state index < -0.39 is 16.1 Å². The molecule has 220 valence electrons. The Kier molecular flexibility index (Phi) is 7.84. The van der Waals surface area contributed by atoms with Crippen LogP contribution in [0.5, 0.6) is 5.75 Å². The molecule has 1 fully saturated rings. The standard InChI is InChI=1S/C31H41N5O4S/c1-21-8-7-11-26-29-28(22-9-5-4-6-10-22)25-13-12-23-18-27(25)36(29)19-24(20-40-30(21)26)34(2)16-14-32-15-17-35(3)41(38,39)33-31(23)37/h7-8,11-13,18,22,24,32H,4-6,9-10,14-17,19-20H2,1-3H3,(H,33,37). The molecule has 6 rings (SSSR count). The molecule has 1 amide bonds. The van der Waals surface area contributed by atoms with Gasteiger partial charge in [0.1, 0.15) is 12.4 Å². The minimum absolute atomic E-state index is 0.103. The van der Waals surface area contributed by atoms with Crippen molar-refractivity contribution in [2.45, 2.75) is 57.5 Å². The Hall–Kier alpha value is -2.92. The average Bonchev–Trinajstić information content (AvgIpc) is 3.26. The van der Waals surface area contributed by atoms with Crippen molar-refractivity contribution in [3.63, 3.8) is 0 Å². The van der Waals surface area contributed by atoms with E-state index in [0.29, 0.717) is 37.7 Å². The molecule has 1 atom stereocenters. The first-order valence-corrected chi connectivity index (χ1v) is 16.3. The van der Waals surface area contributed by atoms with Gasteiger partial charge in [-0.3, -0.25) is 9.69 Å². The molecule has 3 aliphatic rings. The lowest BCUT2D eigenvalue weighted by Crippen LogP contribution is -2.46. The zero-order chi connectivity index (χ0) is 28.7. The zero-order valence-corrected chi connectivity index (χ0v) is 25.1. The van der Waals surface area contributed by atoms with E-state index >= 15 is 0 Å². The molecule has 0 radical (unpaired) electrons. The second kappa shape index (κ2) is 11.4. The number of aryl methyl sites for hydroxylation is 1. The lowest BCUT2D eigenvalue weighted by molar-refractivity contribution is 0.0979. The van der Waals surface area contributed by atoms with Crippen LogP contribution in [0.2, 0.25) is 0 Å². The molecule has 0 spiro atoms. The van der Waals surface area contributed by atoms with Crippen molar-refractivity contribution in [1.82, 2.24) is 23.8 Å². The number of amides is 1. The Morgan fingerprint density at radius 1 is 1.00 bits per heavy atom. The normalized spacial score (nSPS) is 23.1. The maximum absolute atomic E-state index is 13.3. The number of carbonyl (C=O) groups is 1. The third kappa shape index (κ3) is 5.38. The number of benzene rings is 2. The fraction of sp³-hybridized carbons (Fsp3) is 0.516. The highest BCUT2D eigenvalue weighted by Crippen LogP contribution is 2.47.